The number of fused-ring (bicyclic) bond motifs is 8. The fourth-order valence-corrected chi connectivity index (χ4v) is 6.24. The molecule has 0 aromatic carbocycles. The van der Waals surface area contributed by atoms with Crippen molar-refractivity contribution >= 4 is 57.2 Å². The molecular formula is C33H34N4O6. The second-order valence-electron chi connectivity index (χ2n) is 11.1. The van der Waals surface area contributed by atoms with Gasteiger partial charge in [-0.15, -0.1) is 0 Å². The molecule has 0 saturated carbocycles. The summed E-state index contributed by atoms with van der Waals surface area (Å²) in [5.41, 5.74) is 9.28. The molecule has 0 spiro atoms. The summed E-state index contributed by atoms with van der Waals surface area (Å²) in [6.45, 7) is 11.7. The highest BCUT2D eigenvalue weighted by Gasteiger charge is 2.29. The summed E-state index contributed by atoms with van der Waals surface area (Å²) in [6, 6.07) is 5.68. The Bertz CT molecular complexity index is 1910. The lowest BCUT2D eigenvalue weighted by molar-refractivity contribution is -0.137. The van der Waals surface area contributed by atoms with Crippen LogP contribution in [0.2, 0.25) is 0 Å². The SMILES string of the molecule is C=Cc1c(C)c2cc3nc(c(CC(=O)O)c4[nH]c(cc5nc(cc1[nH]2)C(C)=C5CC)c(C)c4C(=O)O)[C@@H](CCC(=O)O)C3. The van der Waals surface area contributed by atoms with Crippen LogP contribution in [0.25, 0.3) is 39.3 Å². The minimum absolute atomic E-state index is 0.0444. The lowest BCUT2D eigenvalue weighted by Gasteiger charge is -2.11. The van der Waals surface area contributed by atoms with Crippen molar-refractivity contribution in [3.05, 3.63) is 75.4 Å². The van der Waals surface area contributed by atoms with Crippen molar-refractivity contribution in [3.63, 3.8) is 0 Å². The first-order valence-corrected chi connectivity index (χ1v) is 14.2. The van der Waals surface area contributed by atoms with Crippen LogP contribution < -0.4 is 0 Å². The second-order valence-corrected chi connectivity index (χ2v) is 11.1. The Morgan fingerprint density at radius 3 is 2.28 bits per heavy atom. The standard InChI is InChI=1S/C33H34N4O6/c1-6-20-15(3)23-11-19-10-18(8-9-28(38)39)31(34-19)22(12-29(40)41)32-30(33(42)43)17(5)25(37-32)14-27-21(7-2)16(4)24(36-27)13-26(20)35-23/h6,11,13-14,18,35,37H,1,7-10,12H2,2-5H3,(H,38,39)(H,40,41)(H,42,43)/t18-/m0/s1. The first-order chi connectivity index (χ1) is 20.4. The van der Waals surface area contributed by atoms with Crippen LogP contribution in [0.15, 0.2) is 24.8 Å². The minimum Gasteiger partial charge on any atom is -0.481 e. The van der Waals surface area contributed by atoms with E-state index in [4.69, 9.17) is 9.97 Å². The third kappa shape index (κ3) is 5.36. The summed E-state index contributed by atoms with van der Waals surface area (Å²) in [5.74, 6) is -3.76. The van der Waals surface area contributed by atoms with Gasteiger partial charge in [0.25, 0.3) is 0 Å². The maximum absolute atomic E-state index is 12.6. The Morgan fingerprint density at radius 1 is 0.953 bits per heavy atom. The van der Waals surface area contributed by atoms with E-state index < -0.39 is 30.2 Å². The van der Waals surface area contributed by atoms with E-state index in [1.54, 1.807) is 13.0 Å². The zero-order valence-corrected chi connectivity index (χ0v) is 24.6. The van der Waals surface area contributed by atoms with E-state index in [1.165, 1.54) is 0 Å². The van der Waals surface area contributed by atoms with Gasteiger partial charge in [-0.3, -0.25) is 14.6 Å². The Kier molecular flexibility index (Phi) is 7.79. The molecule has 2 aliphatic rings. The molecule has 5 heterocycles. The van der Waals surface area contributed by atoms with Gasteiger partial charge in [-0.1, -0.05) is 19.6 Å². The lowest BCUT2D eigenvalue weighted by atomic mass is 9.92. The van der Waals surface area contributed by atoms with Crippen molar-refractivity contribution in [2.75, 3.05) is 0 Å². The predicted octanol–water partition coefficient (Wildman–Crippen LogP) is 6.43. The minimum atomic E-state index is -1.21. The van der Waals surface area contributed by atoms with Gasteiger partial charge in [0, 0.05) is 45.7 Å². The summed E-state index contributed by atoms with van der Waals surface area (Å²) in [6.07, 6.45) is 2.45. The molecular weight excluding hydrogens is 548 g/mol. The van der Waals surface area contributed by atoms with Gasteiger partial charge in [-0.25, -0.2) is 9.78 Å². The molecule has 8 bridgehead atoms. The van der Waals surface area contributed by atoms with Gasteiger partial charge >= 0.3 is 17.9 Å². The fraction of sp³-hybridized carbons (Fsp3) is 0.303. The van der Waals surface area contributed by atoms with Crippen molar-refractivity contribution in [3.8, 4) is 0 Å². The van der Waals surface area contributed by atoms with Crippen LogP contribution in [-0.4, -0.2) is 53.2 Å². The average Bonchev–Trinajstić information content (AvgIpc) is 3.65. The molecule has 10 nitrogen and oxygen atoms in total. The molecule has 43 heavy (non-hydrogen) atoms. The molecule has 222 valence electrons. The van der Waals surface area contributed by atoms with Crippen molar-refractivity contribution in [1.29, 1.82) is 0 Å². The summed E-state index contributed by atoms with van der Waals surface area (Å²) < 4.78 is 0. The van der Waals surface area contributed by atoms with E-state index >= 15 is 0 Å². The number of rotatable bonds is 8. The molecule has 3 aromatic heterocycles. The highest BCUT2D eigenvalue weighted by atomic mass is 16.4. The number of carboxylic acid groups (broad SMARTS) is 3. The Morgan fingerprint density at radius 2 is 1.65 bits per heavy atom. The normalized spacial score (nSPS) is 14.7. The van der Waals surface area contributed by atoms with Crippen LogP contribution in [0.1, 0.15) is 94.4 Å². The van der Waals surface area contributed by atoms with E-state index in [0.717, 1.165) is 39.0 Å². The monoisotopic (exact) mass is 582 g/mol. The number of carbonyl (C=O) groups is 3. The summed E-state index contributed by atoms with van der Waals surface area (Å²) >= 11 is 0. The number of aryl methyl sites for hydroxylation is 2. The number of hydrogen-bond donors (Lipinski definition) is 5. The first-order valence-electron chi connectivity index (χ1n) is 14.2. The van der Waals surface area contributed by atoms with Gasteiger partial charge in [0.15, 0.2) is 0 Å². The molecule has 2 aliphatic heterocycles. The molecule has 0 amide bonds. The van der Waals surface area contributed by atoms with Gasteiger partial charge < -0.3 is 25.3 Å². The van der Waals surface area contributed by atoms with Gasteiger partial charge in [0.2, 0.25) is 0 Å². The third-order valence-electron chi connectivity index (χ3n) is 8.44. The Balaban J connectivity index is 2.01. The van der Waals surface area contributed by atoms with Gasteiger partial charge in [-0.05, 0) is 80.5 Å². The van der Waals surface area contributed by atoms with E-state index in [-0.39, 0.29) is 29.5 Å². The summed E-state index contributed by atoms with van der Waals surface area (Å²) in [7, 11) is 0. The smallest absolute Gasteiger partial charge is 0.338 e. The number of H-pyrrole nitrogens is 2. The number of aromatic carboxylic acids is 1. The Labute approximate surface area is 247 Å². The van der Waals surface area contributed by atoms with Crippen molar-refractivity contribution in [1.82, 2.24) is 19.9 Å². The third-order valence-corrected chi connectivity index (χ3v) is 8.44. The number of aromatic amines is 2. The number of nitrogens with zero attached hydrogens (tertiary/aromatic N) is 2. The molecule has 5 N–H and O–H groups in total. The maximum atomic E-state index is 12.6. The maximum Gasteiger partial charge on any atom is 0.338 e. The summed E-state index contributed by atoms with van der Waals surface area (Å²) in [5, 5.41) is 29.7. The molecule has 3 aromatic rings. The number of allylic oxidation sites excluding steroid dienone is 2. The highest BCUT2D eigenvalue weighted by Crippen LogP contribution is 2.37. The van der Waals surface area contributed by atoms with Gasteiger partial charge in [0.05, 0.1) is 34.6 Å². The molecule has 0 radical (unpaired) electrons. The van der Waals surface area contributed by atoms with Crippen molar-refractivity contribution in [2.45, 2.75) is 65.7 Å². The number of hydrogen-bond acceptors (Lipinski definition) is 5. The number of aliphatic carboxylic acids is 2. The summed E-state index contributed by atoms with van der Waals surface area (Å²) in [4.78, 5) is 52.8. The van der Waals surface area contributed by atoms with E-state index in [2.05, 4.69) is 16.5 Å². The van der Waals surface area contributed by atoms with Crippen molar-refractivity contribution in [2.24, 2.45) is 0 Å². The largest absolute Gasteiger partial charge is 0.481 e. The van der Waals surface area contributed by atoms with E-state index in [9.17, 15) is 29.7 Å². The molecule has 5 rings (SSSR count). The van der Waals surface area contributed by atoms with Crippen LogP contribution >= 0.6 is 0 Å². The number of carboxylic acids is 3. The van der Waals surface area contributed by atoms with E-state index in [0.29, 0.717) is 41.0 Å². The molecule has 0 saturated heterocycles. The topological polar surface area (TPSA) is 169 Å². The van der Waals surface area contributed by atoms with Crippen LogP contribution in [0.3, 0.4) is 0 Å². The molecule has 0 aliphatic carbocycles. The van der Waals surface area contributed by atoms with Crippen LogP contribution in [0.5, 0.6) is 0 Å². The zero-order chi connectivity index (χ0) is 31.2. The predicted molar refractivity (Wildman–Crippen MR) is 165 cm³/mol. The second kappa shape index (κ2) is 11.4. The molecule has 10 heteroatoms. The molecule has 1 atom stereocenters. The average molecular weight is 583 g/mol. The highest BCUT2D eigenvalue weighted by molar-refractivity contribution is 6.02. The molecule has 0 unspecified atom stereocenters. The Hall–Kier alpha value is -4.99. The molecule has 0 fully saturated rings. The van der Waals surface area contributed by atoms with Crippen molar-refractivity contribution < 1.29 is 29.7 Å². The quantitative estimate of drug-likeness (QED) is 0.202. The van der Waals surface area contributed by atoms with Crippen LogP contribution in [-0.2, 0) is 22.4 Å². The lowest BCUT2D eigenvalue weighted by Crippen LogP contribution is -2.10. The number of aromatic nitrogens is 4. The van der Waals surface area contributed by atoms with Gasteiger partial charge in [0.1, 0.15) is 0 Å². The van der Waals surface area contributed by atoms with E-state index in [1.807, 2.05) is 39.0 Å². The fourth-order valence-electron chi connectivity index (χ4n) is 6.24. The number of nitrogens with one attached hydrogen (secondary N) is 2. The first kappa shape index (κ1) is 29.5. The van der Waals surface area contributed by atoms with Gasteiger partial charge in [-0.2, -0.15) is 0 Å². The zero-order valence-electron chi connectivity index (χ0n) is 24.6. The van der Waals surface area contributed by atoms with Crippen LogP contribution in [0, 0.1) is 13.8 Å². The van der Waals surface area contributed by atoms with Crippen LogP contribution in [0.4, 0.5) is 0 Å².